The molecule has 0 amide bonds. The number of alkyl halides is 2. The maximum Gasteiger partial charge on any atom is 0.341 e. The van der Waals surface area contributed by atoms with E-state index in [4.69, 9.17) is 0 Å². The van der Waals surface area contributed by atoms with Gasteiger partial charge in [-0.2, -0.15) is 8.78 Å². The number of sulfone groups is 1. The molecule has 21 heavy (non-hydrogen) atoms. The van der Waals surface area contributed by atoms with E-state index in [0.29, 0.717) is 18.1 Å². The number of rotatable bonds is 5. The molecule has 0 aliphatic heterocycles. The summed E-state index contributed by atoms with van der Waals surface area (Å²) in [7, 11) is -4.55. The minimum Gasteiger partial charge on any atom is -0.379 e. The highest BCUT2D eigenvalue weighted by Gasteiger charge is 2.26. The monoisotopic (exact) mass is 313 g/mol. The van der Waals surface area contributed by atoms with Crippen molar-refractivity contribution in [3.8, 4) is 0 Å². The molecule has 0 saturated carbocycles. The summed E-state index contributed by atoms with van der Waals surface area (Å²) >= 11 is 0. The van der Waals surface area contributed by atoms with Crippen molar-refractivity contribution in [2.75, 3.05) is 5.32 Å². The number of aromatic nitrogens is 2. The summed E-state index contributed by atoms with van der Waals surface area (Å²) in [5.41, 5.74) is 1.38. The van der Waals surface area contributed by atoms with E-state index in [9.17, 15) is 17.2 Å². The van der Waals surface area contributed by atoms with Gasteiger partial charge in [0, 0.05) is 11.9 Å². The molecule has 112 valence electrons. The van der Waals surface area contributed by atoms with Gasteiger partial charge in [-0.05, 0) is 37.3 Å². The van der Waals surface area contributed by atoms with Crippen LogP contribution in [0, 0.1) is 6.92 Å². The molecule has 1 heterocycles. The predicted octanol–water partition coefficient (Wildman–Crippen LogP) is 2.39. The van der Waals surface area contributed by atoms with Crippen LogP contribution in [0.3, 0.4) is 0 Å². The summed E-state index contributed by atoms with van der Waals surface area (Å²) in [4.78, 5) is 7.77. The van der Waals surface area contributed by atoms with Gasteiger partial charge in [0.1, 0.15) is 5.82 Å². The highest BCUT2D eigenvalue weighted by atomic mass is 32.2. The van der Waals surface area contributed by atoms with Crippen molar-refractivity contribution >= 4 is 15.5 Å². The highest BCUT2D eigenvalue weighted by Crippen LogP contribution is 2.20. The lowest BCUT2D eigenvalue weighted by molar-refractivity contribution is 0.234. The fraction of sp³-hybridized carbons (Fsp3) is 0.231. The van der Waals surface area contributed by atoms with Crippen LogP contribution in [0.2, 0.25) is 0 Å². The molecule has 0 saturated heterocycles. The van der Waals surface area contributed by atoms with Gasteiger partial charge in [-0.3, -0.25) is 0 Å². The zero-order chi connectivity index (χ0) is 15.5. The Morgan fingerprint density at radius 2 is 1.86 bits per heavy atom. The number of hydrogen-bond acceptors (Lipinski definition) is 5. The molecule has 0 atom stereocenters. The van der Waals surface area contributed by atoms with Gasteiger partial charge >= 0.3 is 5.76 Å². The van der Waals surface area contributed by atoms with Crippen molar-refractivity contribution in [2.24, 2.45) is 0 Å². The Morgan fingerprint density at radius 1 is 1.19 bits per heavy atom. The van der Waals surface area contributed by atoms with Crippen molar-refractivity contribution in [3.05, 3.63) is 48.0 Å². The molecule has 1 aromatic heterocycles. The Kier molecular flexibility index (Phi) is 4.46. The van der Waals surface area contributed by atoms with E-state index >= 15 is 0 Å². The maximum atomic E-state index is 12.4. The molecular formula is C13H13F2N3O2S. The number of anilines is 1. The van der Waals surface area contributed by atoms with Gasteiger partial charge in [-0.25, -0.2) is 18.4 Å². The molecule has 8 heteroatoms. The van der Waals surface area contributed by atoms with E-state index in [2.05, 4.69) is 15.3 Å². The Morgan fingerprint density at radius 3 is 2.43 bits per heavy atom. The lowest BCUT2D eigenvalue weighted by Gasteiger charge is -2.08. The molecule has 1 aromatic carbocycles. The van der Waals surface area contributed by atoms with Gasteiger partial charge in [0.25, 0.3) is 0 Å². The van der Waals surface area contributed by atoms with Gasteiger partial charge in [0.05, 0.1) is 17.1 Å². The number of nitrogens with zero attached hydrogens (tertiary/aromatic N) is 2. The van der Waals surface area contributed by atoms with E-state index in [1.165, 1.54) is 12.1 Å². The van der Waals surface area contributed by atoms with Crippen LogP contribution in [-0.2, 0) is 16.4 Å². The molecular weight excluding hydrogens is 300 g/mol. The summed E-state index contributed by atoms with van der Waals surface area (Å²) in [6, 6.07) is 6.91. The standard InChI is InChI=1S/C13H13F2N3O2S/c1-9-16-7-6-11(18-9)8-17-10-2-4-12(5-3-10)21(19,20)13(14)15/h2-7,13,17H,8H2,1H3. The summed E-state index contributed by atoms with van der Waals surface area (Å²) < 4.78 is 47.3. The Bertz CT molecular complexity index is 718. The minimum absolute atomic E-state index is 0.402. The van der Waals surface area contributed by atoms with Crippen LogP contribution in [0.15, 0.2) is 41.4 Å². The molecule has 0 radical (unpaired) electrons. The lowest BCUT2D eigenvalue weighted by atomic mass is 10.3. The van der Waals surface area contributed by atoms with Crippen LogP contribution in [0.25, 0.3) is 0 Å². The Labute approximate surface area is 121 Å². The van der Waals surface area contributed by atoms with E-state index < -0.39 is 20.5 Å². The summed E-state index contributed by atoms with van der Waals surface area (Å²) in [6.07, 6.45) is 1.64. The second-order valence-corrected chi connectivity index (χ2v) is 6.20. The molecule has 5 nitrogen and oxygen atoms in total. The normalized spacial score (nSPS) is 11.6. The first-order valence-electron chi connectivity index (χ1n) is 6.04. The van der Waals surface area contributed by atoms with Crippen molar-refractivity contribution in [1.29, 1.82) is 0 Å². The first kappa shape index (κ1) is 15.3. The summed E-state index contributed by atoms with van der Waals surface area (Å²) in [5, 5.41) is 3.02. The van der Waals surface area contributed by atoms with Crippen LogP contribution in [0.4, 0.5) is 14.5 Å². The highest BCUT2D eigenvalue weighted by molar-refractivity contribution is 7.91. The topological polar surface area (TPSA) is 72.0 Å². The number of halogens is 2. The van der Waals surface area contributed by atoms with Crippen LogP contribution < -0.4 is 5.32 Å². The predicted molar refractivity (Wildman–Crippen MR) is 73.7 cm³/mol. The second-order valence-electron chi connectivity index (χ2n) is 4.28. The maximum absolute atomic E-state index is 12.4. The Hall–Kier alpha value is -2.09. The number of aryl methyl sites for hydroxylation is 1. The van der Waals surface area contributed by atoms with Crippen molar-refractivity contribution in [1.82, 2.24) is 9.97 Å². The van der Waals surface area contributed by atoms with E-state index in [1.807, 2.05) is 0 Å². The van der Waals surface area contributed by atoms with Crippen LogP contribution in [-0.4, -0.2) is 24.1 Å². The molecule has 2 aromatic rings. The van der Waals surface area contributed by atoms with Gasteiger partial charge in [0.2, 0.25) is 9.84 Å². The molecule has 0 spiro atoms. The van der Waals surface area contributed by atoms with Gasteiger partial charge in [-0.15, -0.1) is 0 Å². The molecule has 0 aliphatic carbocycles. The fourth-order valence-corrected chi connectivity index (χ4v) is 2.38. The molecule has 0 fully saturated rings. The summed E-state index contributed by atoms with van der Waals surface area (Å²) in [6.45, 7) is 2.19. The number of hydrogen-bond donors (Lipinski definition) is 1. The number of benzene rings is 1. The van der Waals surface area contributed by atoms with Crippen molar-refractivity contribution in [2.45, 2.75) is 24.1 Å². The van der Waals surface area contributed by atoms with Crippen LogP contribution in [0.5, 0.6) is 0 Å². The molecule has 0 bridgehead atoms. The smallest absolute Gasteiger partial charge is 0.341 e. The average molecular weight is 313 g/mol. The third-order valence-electron chi connectivity index (χ3n) is 2.72. The van der Waals surface area contributed by atoms with Gasteiger partial charge < -0.3 is 5.32 Å². The van der Waals surface area contributed by atoms with E-state index in [1.54, 1.807) is 19.2 Å². The second kappa shape index (κ2) is 6.13. The van der Waals surface area contributed by atoms with E-state index in [-0.39, 0.29) is 0 Å². The van der Waals surface area contributed by atoms with Crippen molar-refractivity contribution < 1.29 is 17.2 Å². The molecule has 0 unspecified atom stereocenters. The number of nitrogens with one attached hydrogen (secondary N) is 1. The quantitative estimate of drug-likeness (QED) is 0.917. The van der Waals surface area contributed by atoms with Gasteiger partial charge in [-0.1, -0.05) is 0 Å². The first-order chi connectivity index (χ1) is 9.89. The SMILES string of the molecule is Cc1nccc(CNc2ccc(S(=O)(=O)C(F)F)cc2)n1. The third kappa shape index (κ3) is 3.72. The van der Waals surface area contributed by atoms with Crippen molar-refractivity contribution in [3.63, 3.8) is 0 Å². The van der Waals surface area contributed by atoms with E-state index in [0.717, 1.165) is 17.8 Å². The Balaban J connectivity index is 2.07. The van der Waals surface area contributed by atoms with Gasteiger partial charge in [0.15, 0.2) is 0 Å². The first-order valence-corrected chi connectivity index (χ1v) is 7.59. The summed E-state index contributed by atoms with van der Waals surface area (Å²) in [5.74, 6) is -2.77. The third-order valence-corrected chi connectivity index (χ3v) is 4.12. The largest absolute Gasteiger partial charge is 0.379 e. The zero-order valence-corrected chi connectivity index (χ0v) is 11.9. The van der Waals surface area contributed by atoms with Crippen LogP contribution >= 0.6 is 0 Å². The average Bonchev–Trinajstić information content (AvgIpc) is 2.45. The fourth-order valence-electron chi connectivity index (χ4n) is 1.66. The minimum atomic E-state index is -4.55. The zero-order valence-electron chi connectivity index (χ0n) is 11.1. The van der Waals surface area contributed by atoms with Crippen LogP contribution in [0.1, 0.15) is 11.5 Å². The molecule has 1 N–H and O–H groups in total. The molecule has 2 rings (SSSR count). The lowest BCUT2D eigenvalue weighted by Crippen LogP contribution is -2.11. The molecule has 0 aliphatic rings.